The Kier molecular flexibility index (Phi) is 8.59. The molecule has 0 radical (unpaired) electrons. The highest BCUT2D eigenvalue weighted by molar-refractivity contribution is 7.92. The van der Waals surface area contributed by atoms with Gasteiger partial charge in [0.15, 0.2) is 5.82 Å². The van der Waals surface area contributed by atoms with Crippen LogP contribution in [0.3, 0.4) is 0 Å². The summed E-state index contributed by atoms with van der Waals surface area (Å²) >= 11 is 0. The van der Waals surface area contributed by atoms with E-state index in [1.165, 1.54) is 23.0 Å². The zero-order valence-electron chi connectivity index (χ0n) is 24.6. The first-order valence-electron chi connectivity index (χ1n) is 14.6. The SMILES string of the molecule is O=C(c1cnn(-c2ncc(F)cn2)c1C1CCN(Cc2ccc(S(=O)(=O)C(F)(F)F)cc2)CC1)N1C[C@@H](c2ccccc2)C(F)(F)C1. The molecule has 2 saturated heterocycles. The van der Waals surface area contributed by atoms with Crippen molar-refractivity contribution in [1.82, 2.24) is 29.5 Å². The summed E-state index contributed by atoms with van der Waals surface area (Å²) in [4.78, 5) is 24.2. The molecule has 4 aromatic rings. The van der Waals surface area contributed by atoms with Crippen molar-refractivity contribution in [1.29, 1.82) is 0 Å². The van der Waals surface area contributed by atoms with Gasteiger partial charge in [-0.15, -0.1) is 0 Å². The number of amides is 1. The number of hydrogen-bond acceptors (Lipinski definition) is 7. The topological polar surface area (TPSA) is 101 Å². The summed E-state index contributed by atoms with van der Waals surface area (Å²) < 4.78 is 107. The van der Waals surface area contributed by atoms with Crippen molar-refractivity contribution in [2.24, 2.45) is 0 Å². The van der Waals surface area contributed by atoms with Crippen molar-refractivity contribution < 1.29 is 39.6 Å². The van der Waals surface area contributed by atoms with E-state index in [0.29, 0.717) is 49.3 Å². The molecule has 0 unspecified atom stereocenters. The minimum Gasteiger partial charge on any atom is -0.332 e. The van der Waals surface area contributed by atoms with Gasteiger partial charge in [-0.2, -0.15) is 18.3 Å². The van der Waals surface area contributed by atoms with Gasteiger partial charge in [-0.05, 0) is 49.2 Å². The molecule has 16 heteroatoms. The number of piperidine rings is 1. The Morgan fingerprint density at radius 2 is 1.57 bits per heavy atom. The van der Waals surface area contributed by atoms with Crippen LogP contribution in [0, 0.1) is 5.82 Å². The molecule has 2 aromatic carbocycles. The number of likely N-dealkylation sites (tertiary alicyclic amines) is 2. The Balaban J connectivity index is 1.22. The zero-order valence-corrected chi connectivity index (χ0v) is 25.4. The highest BCUT2D eigenvalue weighted by Crippen LogP contribution is 2.42. The van der Waals surface area contributed by atoms with Crippen LogP contribution in [0.1, 0.15) is 51.9 Å². The summed E-state index contributed by atoms with van der Waals surface area (Å²) in [7, 11) is -5.45. The second kappa shape index (κ2) is 12.4. The Bertz CT molecular complexity index is 1840. The fourth-order valence-corrected chi connectivity index (χ4v) is 6.92. The van der Waals surface area contributed by atoms with Crippen molar-refractivity contribution in [3.63, 3.8) is 0 Å². The first-order valence-corrected chi connectivity index (χ1v) is 16.1. The van der Waals surface area contributed by atoms with Crippen LogP contribution in [0.2, 0.25) is 0 Å². The molecule has 4 heterocycles. The summed E-state index contributed by atoms with van der Waals surface area (Å²) in [6.45, 7) is 0.316. The second-order valence-corrected chi connectivity index (χ2v) is 13.6. The summed E-state index contributed by atoms with van der Waals surface area (Å²) in [6.07, 6.45) is 4.16. The van der Waals surface area contributed by atoms with E-state index in [9.17, 15) is 30.8 Å². The van der Waals surface area contributed by atoms with Gasteiger partial charge >= 0.3 is 5.51 Å². The van der Waals surface area contributed by atoms with Crippen LogP contribution in [-0.4, -0.2) is 81.5 Å². The second-order valence-electron chi connectivity index (χ2n) is 11.6. The van der Waals surface area contributed by atoms with E-state index in [-0.39, 0.29) is 24.0 Å². The largest absolute Gasteiger partial charge is 0.501 e. The van der Waals surface area contributed by atoms with Gasteiger partial charge in [-0.25, -0.2) is 36.2 Å². The lowest BCUT2D eigenvalue weighted by atomic mass is 9.90. The van der Waals surface area contributed by atoms with E-state index >= 15 is 8.78 Å². The molecule has 2 aliphatic rings. The van der Waals surface area contributed by atoms with Gasteiger partial charge in [0, 0.05) is 19.0 Å². The van der Waals surface area contributed by atoms with Gasteiger partial charge in [0.25, 0.3) is 27.6 Å². The highest BCUT2D eigenvalue weighted by atomic mass is 32.2. The fourth-order valence-electron chi connectivity index (χ4n) is 6.16. The maximum atomic E-state index is 15.2. The van der Waals surface area contributed by atoms with E-state index < -0.39 is 50.4 Å². The number of alkyl halides is 5. The molecule has 1 amide bonds. The van der Waals surface area contributed by atoms with E-state index in [1.54, 1.807) is 30.3 Å². The molecule has 9 nitrogen and oxygen atoms in total. The molecule has 6 rings (SSSR count). The summed E-state index contributed by atoms with van der Waals surface area (Å²) in [5.41, 5.74) is -3.85. The number of carbonyl (C=O) groups is 1. The number of halogens is 6. The molecule has 1 atom stereocenters. The molecule has 2 aromatic heterocycles. The monoisotopic (exact) mass is 678 g/mol. The Morgan fingerprint density at radius 1 is 0.936 bits per heavy atom. The maximum Gasteiger partial charge on any atom is 0.501 e. The molecule has 0 aliphatic carbocycles. The smallest absolute Gasteiger partial charge is 0.332 e. The molecule has 0 spiro atoms. The summed E-state index contributed by atoms with van der Waals surface area (Å²) in [5, 5.41) is 4.32. The van der Waals surface area contributed by atoms with Gasteiger partial charge in [-0.3, -0.25) is 9.69 Å². The van der Waals surface area contributed by atoms with Crippen molar-refractivity contribution in [2.75, 3.05) is 26.2 Å². The van der Waals surface area contributed by atoms with Crippen molar-refractivity contribution in [2.45, 2.75) is 47.5 Å². The fraction of sp³-hybridized carbons (Fsp3) is 0.355. The van der Waals surface area contributed by atoms with E-state index in [4.69, 9.17) is 0 Å². The quantitative estimate of drug-likeness (QED) is 0.243. The van der Waals surface area contributed by atoms with Crippen LogP contribution in [0.25, 0.3) is 5.95 Å². The Morgan fingerprint density at radius 3 is 2.19 bits per heavy atom. The van der Waals surface area contributed by atoms with Gasteiger partial charge < -0.3 is 4.90 Å². The van der Waals surface area contributed by atoms with Crippen molar-refractivity contribution in [3.8, 4) is 5.95 Å². The number of nitrogens with zero attached hydrogens (tertiary/aromatic N) is 6. The third kappa shape index (κ3) is 6.48. The molecule has 2 fully saturated rings. The van der Waals surface area contributed by atoms with Crippen LogP contribution < -0.4 is 0 Å². The van der Waals surface area contributed by atoms with Crippen LogP contribution in [-0.2, 0) is 16.4 Å². The number of carbonyl (C=O) groups excluding carboxylic acids is 1. The normalized spacial score (nSPS) is 19.3. The molecular weight excluding hydrogens is 650 g/mol. The van der Waals surface area contributed by atoms with Crippen LogP contribution in [0.4, 0.5) is 26.3 Å². The first kappa shape index (κ1) is 32.6. The number of sulfone groups is 1. The lowest BCUT2D eigenvalue weighted by molar-refractivity contribution is -0.0436. The third-order valence-electron chi connectivity index (χ3n) is 8.56. The van der Waals surface area contributed by atoms with E-state index in [2.05, 4.69) is 15.1 Å². The predicted octanol–water partition coefficient (Wildman–Crippen LogP) is 5.35. The Labute approximate surface area is 265 Å². The van der Waals surface area contributed by atoms with Gasteiger partial charge in [0.05, 0.1) is 47.2 Å². The number of rotatable bonds is 7. The minimum atomic E-state index is -5.45. The lowest BCUT2D eigenvalue weighted by Gasteiger charge is -2.32. The Hall–Kier alpha value is -4.31. The van der Waals surface area contributed by atoms with Crippen LogP contribution in [0.15, 0.2) is 78.1 Å². The molecule has 47 heavy (non-hydrogen) atoms. The number of aromatic nitrogens is 4. The third-order valence-corrected chi connectivity index (χ3v) is 10.1. The van der Waals surface area contributed by atoms with Crippen molar-refractivity contribution >= 4 is 15.7 Å². The first-order chi connectivity index (χ1) is 22.2. The maximum absolute atomic E-state index is 15.2. The zero-order chi connectivity index (χ0) is 33.6. The highest BCUT2D eigenvalue weighted by Gasteiger charge is 2.51. The molecule has 0 saturated carbocycles. The predicted molar refractivity (Wildman–Crippen MR) is 156 cm³/mol. The molecule has 2 aliphatic heterocycles. The summed E-state index contributed by atoms with van der Waals surface area (Å²) in [6, 6.07) is 12.8. The lowest BCUT2D eigenvalue weighted by Crippen LogP contribution is -2.35. The van der Waals surface area contributed by atoms with Crippen molar-refractivity contribution in [3.05, 3.63) is 101 Å². The summed E-state index contributed by atoms with van der Waals surface area (Å²) in [5.74, 6) is -5.93. The van der Waals surface area contributed by atoms with E-state index in [0.717, 1.165) is 29.4 Å². The minimum absolute atomic E-state index is 0.00527. The van der Waals surface area contributed by atoms with Crippen LogP contribution >= 0.6 is 0 Å². The molecule has 0 N–H and O–H groups in total. The number of benzene rings is 2. The standard InChI is InChI=1S/C31H28F6N6O3S/c32-23-14-38-29(39-15-23)43-27(25(16-40-43)28(44)42-18-26(30(33,34)19-42)21-4-2-1-3-5-21)22-10-12-41(13-11-22)17-20-6-8-24(9-7-20)47(45,46)31(35,36)37/h1-9,14-16,22,26H,10-13,17-19H2/t26-/m0/s1. The molecule has 0 bridgehead atoms. The molecular formula is C31H28F6N6O3S. The van der Waals surface area contributed by atoms with Gasteiger partial charge in [0.1, 0.15) is 0 Å². The van der Waals surface area contributed by atoms with Gasteiger partial charge in [0.2, 0.25) is 0 Å². The average Bonchev–Trinajstić information content (AvgIpc) is 3.62. The van der Waals surface area contributed by atoms with E-state index in [1.807, 2.05) is 4.90 Å². The van der Waals surface area contributed by atoms with Crippen LogP contribution in [0.5, 0.6) is 0 Å². The average molecular weight is 679 g/mol. The number of hydrogen-bond donors (Lipinski definition) is 0. The molecule has 248 valence electrons. The van der Waals surface area contributed by atoms with Gasteiger partial charge in [-0.1, -0.05) is 42.5 Å².